The lowest BCUT2D eigenvalue weighted by Crippen LogP contribution is -2.00. The Balaban J connectivity index is 2.51. The fourth-order valence-corrected chi connectivity index (χ4v) is 1.78. The molecule has 0 aliphatic heterocycles. The molecular formula is C15H11ClN2. The van der Waals surface area contributed by atoms with Gasteiger partial charge in [-0.15, -0.1) is 0 Å². The molecule has 0 aromatic heterocycles. The minimum atomic E-state index is 0.459. The van der Waals surface area contributed by atoms with E-state index in [1.54, 1.807) is 24.3 Å². The van der Waals surface area contributed by atoms with Gasteiger partial charge in [-0.2, -0.15) is 5.26 Å². The molecule has 0 saturated carbocycles. The van der Waals surface area contributed by atoms with Gasteiger partial charge in [0.25, 0.3) is 0 Å². The normalized spacial score (nSPS) is 11.6. The van der Waals surface area contributed by atoms with Crippen LogP contribution in [0.1, 0.15) is 11.1 Å². The standard InChI is InChI=1S/C15H11ClN2/c16-13-8-6-12(7-9-13)15(18)14(10-17)11-4-2-1-3-5-11/h1-9H,18H2/b15-14-. The summed E-state index contributed by atoms with van der Waals surface area (Å²) in [4.78, 5) is 0. The van der Waals surface area contributed by atoms with Crippen molar-refractivity contribution in [2.75, 3.05) is 0 Å². The van der Waals surface area contributed by atoms with Gasteiger partial charge in [-0.3, -0.25) is 0 Å². The van der Waals surface area contributed by atoms with Crippen LogP contribution in [0.4, 0.5) is 0 Å². The average Bonchev–Trinajstić information content (AvgIpc) is 2.41. The number of hydrogen-bond acceptors (Lipinski definition) is 2. The highest BCUT2D eigenvalue weighted by Gasteiger charge is 2.07. The number of nitriles is 1. The van der Waals surface area contributed by atoms with Crippen molar-refractivity contribution < 1.29 is 0 Å². The molecule has 0 unspecified atom stereocenters. The van der Waals surface area contributed by atoms with Crippen molar-refractivity contribution in [2.45, 2.75) is 0 Å². The van der Waals surface area contributed by atoms with Gasteiger partial charge in [0.05, 0.1) is 11.3 Å². The number of nitrogens with two attached hydrogens (primary N) is 1. The Kier molecular flexibility index (Phi) is 3.66. The fourth-order valence-electron chi connectivity index (χ4n) is 1.66. The molecule has 0 heterocycles. The molecule has 0 atom stereocenters. The molecule has 2 aromatic rings. The zero-order chi connectivity index (χ0) is 13.0. The van der Waals surface area contributed by atoms with Gasteiger partial charge in [0.15, 0.2) is 0 Å². The van der Waals surface area contributed by atoms with Gasteiger partial charge in [-0.25, -0.2) is 0 Å². The first-order valence-electron chi connectivity index (χ1n) is 5.43. The fraction of sp³-hybridized carbons (Fsp3) is 0. The number of hydrogen-bond donors (Lipinski definition) is 1. The van der Waals surface area contributed by atoms with Crippen LogP contribution in [0.25, 0.3) is 11.3 Å². The molecule has 2 aromatic carbocycles. The van der Waals surface area contributed by atoms with Crippen LogP contribution >= 0.6 is 11.6 Å². The van der Waals surface area contributed by atoms with Crippen molar-refractivity contribution >= 4 is 22.9 Å². The first-order chi connectivity index (χ1) is 8.72. The molecule has 0 spiro atoms. The largest absolute Gasteiger partial charge is 0.397 e. The molecule has 0 amide bonds. The minimum absolute atomic E-state index is 0.459. The van der Waals surface area contributed by atoms with Crippen LogP contribution in [0, 0.1) is 11.3 Å². The molecule has 0 fully saturated rings. The lowest BCUT2D eigenvalue weighted by Gasteiger charge is -2.06. The van der Waals surface area contributed by atoms with Gasteiger partial charge in [-0.1, -0.05) is 54.1 Å². The average molecular weight is 255 g/mol. The second-order valence-electron chi connectivity index (χ2n) is 3.77. The van der Waals surface area contributed by atoms with Crippen LogP contribution in [-0.4, -0.2) is 0 Å². The Labute approximate surface area is 111 Å². The van der Waals surface area contributed by atoms with Gasteiger partial charge in [-0.05, 0) is 23.3 Å². The van der Waals surface area contributed by atoms with Gasteiger partial charge < -0.3 is 5.73 Å². The summed E-state index contributed by atoms with van der Waals surface area (Å²) >= 11 is 5.82. The smallest absolute Gasteiger partial charge is 0.102 e. The van der Waals surface area contributed by atoms with Gasteiger partial charge in [0.2, 0.25) is 0 Å². The third-order valence-electron chi connectivity index (χ3n) is 2.60. The second kappa shape index (κ2) is 5.39. The number of allylic oxidation sites excluding steroid dienone is 1. The van der Waals surface area contributed by atoms with Crippen molar-refractivity contribution in [3.63, 3.8) is 0 Å². The Morgan fingerprint density at radius 2 is 1.56 bits per heavy atom. The lowest BCUT2D eigenvalue weighted by molar-refractivity contribution is 1.48. The van der Waals surface area contributed by atoms with E-state index in [0.717, 1.165) is 11.1 Å². The molecule has 0 aliphatic rings. The molecule has 2 nitrogen and oxygen atoms in total. The van der Waals surface area contributed by atoms with Crippen molar-refractivity contribution in [3.05, 3.63) is 70.7 Å². The van der Waals surface area contributed by atoms with Gasteiger partial charge >= 0.3 is 0 Å². The zero-order valence-corrected chi connectivity index (χ0v) is 10.4. The zero-order valence-electron chi connectivity index (χ0n) is 9.60. The quantitative estimate of drug-likeness (QED) is 0.656. The summed E-state index contributed by atoms with van der Waals surface area (Å²) in [6, 6.07) is 18.6. The monoisotopic (exact) mass is 254 g/mol. The Bertz CT molecular complexity index is 607. The highest BCUT2D eigenvalue weighted by molar-refractivity contribution is 6.30. The van der Waals surface area contributed by atoms with Crippen LogP contribution < -0.4 is 5.73 Å². The third kappa shape index (κ3) is 2.53. The summed E-state index contributed by atoms with van der Waals surface area (Å²) in [5.74, 6) is 0. The van der Waals surface area contributed by atoms with Gasteiger partial charge in [0.1, 0.15) is 6.07 Å². The molecule has 88 valence electrons. The molecule has 18 heavy (non-hydrogen) atoms. The Hall–Kier alpha value is -2.24. The van der Waals surface area contributed by atoms with Crippen LogP contribution in [0.15, 0.2) is 54.6 Å². The minimum Gasteiger partial charge on any atom is -0.397 e. The summed E-state index contributed by atoms with van der Waals surface area (Å²) in [6.07, 6.45) is 0. The number of benzene rings is 2. The van der Waals surface area contributed by atoms with E-state index in [-0.39, 0.29) is 0 Å². The van der Waals surface area contributed by atoms with E-state index in [2.05, 4.69) is 6.07 Å². The topological polar surface area (TPSA) is 49.8 Å². The van der Waals surface area contributed by atoms with E-state index in [4.69, 9.17) is 17.3 Å². The second-order valence-corrected chi connectivity index (χ2v) is 4.21. The first-order valence-corrected chi connectivity index (χ1v) is 5.81. The maximum Gasteiger partial charge on any atom is 0.102 e. The summed E-state index contributed by atoms with van der Waals surface area (Å²) in [5.41, 5.74) is 8.58. The highest BCUT2D eigenvalue weighted by atomic mass is 35.5. The van der Waals surface area contributed by atoms with E-state index < -0.39 is 0 Å². The van der Waals surface area contributed by atoms with E-state index in [1.807, 2.05) is 30.3 Å². The summed E-state index contributed by atoms with van der Waals surface area (Å²) < 4.78 is 0. The van der Waals surface area contributed by atoms with Crippen molar-refractivity contribution in [3.8, 4) is 6.07 Å². The van der Waals surface area contributed by atoms with Crippen LogP contribution in [0.3, 0.4) is 0 Å². The van der Waals surface area contributed by atoms with Crippen LogP contribution in [0.5, 0.6) is 0 Å². The first kappa shape index (κ1) is 12.2. The molecule has 2 rings (SSSR count). The maximum absolute atomic E-state index is 9.25. The Morgan fingerprint density at radius 3 is 2.11 bits per heavy atom. The molecule has 0 aliphatic carbocycles. The number of rotatable bonds is 2. The lowest BCUT2D eigenvalue weighted by atomic mass is 10.0. The summed E-state index contributed by atoms with van der Waals surface area (Å²) in [5, 5.41) is 9.90. The molecule has 3 heteroatoms. The van der Waals surface area contributed by atoms with E-state index >= 15 is 0 Å². The van der Waals surface area contributed by atoms with Crippen molar-refractivity contribution in [1.82, 2.24) is 0 Å². The van der Waals surface area contributed by atoms with E-state index in [9.17, 15) is 5.26 Å². The van der Waals surface area contributed by atoms with Crippen LogP contribution in [0.2, 0.25) is 5.02 Å². The molecular weight excluding hydrogens is 244 g/mol. The Morgan fingerprint density at radius 1 is 0.944 bits per heavy atom. The van der Waals surface area contributed by atoms with Crippen molar-refractivity contribution in [1.29, 1.82) is 5.26 Å². The predicted octanol–water partition coefficient (Wildman–Crippen LogP) is 3.69. The maximum atomic E-state index is 9.25. The third-order valence-corrected chi connectivity index (χ3v) is 2.85. The molecule has 2 N–H and O–H groups in total. The van der Waals surface area contributed by atoms with E-state index in [0.29, 0.717) is 16.3 Å². The number of nitrogens with zero attached hydrogens (tertiary/aromatic N) is 1. The molecule has 0 saturated heterocycles. The number of halogens is 1. The van der Waals surface area contributed by atoms with Gasteiger partial charge in [0, 0.05) is 5.02 Å². The highest BCUT2D eigenvalue weighted by Crippen LogP contribution is 2.23. The summed E-state index contributed by atoms with van der Waals surface area (Å²) in [6.45, 7) is 0. The summed E-state index contributed by atoms with van der Waals surface area (Å²) in [7, 11) is 0. The van der Waals surface area contributed by atoms with E-state index in [1.165, 1.54) is 0 Å². The molecule has 0 bridgehead atoms. The predicted molar refractivity (Wildman–Crippen MR) is 74.5 cm³/mol. The van der Waals surface area contributed by atoms with Crippen LogP contribution in [-0.2, 0) is 0 Å². The van der Waals surface area contributed by atoms with Crippen molar-refractivity contribution in [2.24, 2.45) is 5.73 Å². The molecule has 0 radical (unpaired) electrons. The SMILES string of the molecule is N#C/C(=C(/N)c1ccc(Cl)cc1)c1ccccc1.